The lowest BCUT2D eigenvalue weighted by Crippen LogP contribution is -1.98. The molecule has 1 aliphatic rings. The molecule has 1 fully saturated rings. The summed E-state index contributed by atoms with van der Waals surface area (Å²) in [7, 11) is 2.19. The van der Waals surface area contributed by atoms with Crippen molar-refractivity contribution in [3.05, 3.63) is 10.1 Å². The standard InChI is InChI=1S/C6H10BBr/c7-4-6(8)5-2-1-3-5/h1-4,7H2. The highest BCUT2D eigenvalue weighted by atomic mass is 79.9. The maximum absolute atomic E-state index is 3.53. The van der Waals surface area contributed by atoms with E-state index in [1.807, 2.05) is 0 Å². The zero-order valence-corrected chi connectivity index (χ0v) is 6.79. The van der Waals surface area contributed by atoms with Gasteiger partial charge in [0.25, 0.3) is 0 Å². The molecular weight excluding hydrogens is 163 g/mol. The molecular formula is C6H10BBr. The lowest BCUT2D eigenvalue weighted by molar-refractivity contribution is 0.659. The molecule has 0 aliphatic heterocycles. The van der Waals surface area contributed by atoms with E-state index in [0.717, 1.165) is 0 Å². The van der Waals surface area contributed by atoms with Gasteiger partial charge in [-0.05, 0) is 23.7 Å². The Kier molecular flexibility index (Phi) is 2.18. The highest BCUT2D eigenvalue weighted by molar-refractivity contribution is 9.11. The predicted molar refractivity (Wildman–Crippen MR) is 43.2 cm³/mol. The summed E-state index contributed by atoms with van der Waals surface area (Å²) in [6, 6.07) is 0. The average Bonchev–Trinajstić information content (AvgIpc) is 1.62. The van der Waals surface area contributed by atoms with Crippen LogP contribution in [0.15, 0.2) is 10.1 Å². The molecule has 44 valence electrons. The Bertz CT molecular complexity index is 106. The minimum absolute atomic E-state index is 1.18. The minimum Gasteiger partial charge on any atom is -0.0608 e. The van der Waals surface area contributed by atoms with Crippen LogP contribution in [0.5, 0.6) is 0 Å². The van der Waals surface area contributed by atoms with E-state index in [0.29, 0.717) is 0 Å². The van der Waals surface area contributed by atoms with E-state index in [2.05, 4.69) is 23.8 Å². The summed E-state index contributed by atoms with van der Waals surface area (Å²) < 4.78 is 1.45. The van der Waals surface area contributed by atoms with Gasteiger partial charge >= 0.3 is 0 Å². The van der Waals surface area contributed by atoms with E-state index in [-0.39, 0.29) is 0 Å². The van der Waals surface area contributed by atoms with Gasteiger partial charge in [-0.3, -0.25) is 0 Å². The molecule has 0 heterocycles. The Morgan fingerprint density at radius 2 is 2.25 bits per heavy atom. The van der Waals surface area contributed by atoms with Crippen LogP contribution in [0.3, 0.4) is 0 Å². The van der Waals surface area contributed by atoms with Crippen LogP contribution in [-0.2, 0) is 0 Å². The molecule has 2 heteroatoms. The normalized spacial score (nSPS) is 17.9. The molecule has 1 saturated carbocycles. The SMILES string of the molecule is BCC(Br)=C1CCC1. The molecule has 8 heavy (non-hydrogen) atoms. The first-order chi connectivity index (χ1) is 3.84. The van der Waals surface area contributed by atoms with Gasteiger partial charge < -0.3 is 0 Å². The lowest BCUT2D eigenvalue weighted by Gasteiger charge is -2.17. The van der Waals surface area contributed by atoms with Crippen LogP contribution in [0.1, 0.15) is 19.3 Å². The zero-order chi connectivity index (χ0) is 5.98. The van der Waals surface area contributed by atoms with Gasteiger partial charge in [-0.15, -0.1) is 0 Å². The van der Waals surface area contributed by atoms with Crippen LogP contribution in [-0.4, -0.2) is 7.85 Å². The van der Waals surface area contributed by atoms with Crippen LogP contribution < -0.4 is 0 Å². The Morgan fingerprint density at radius 1 is 1.62 bits per heavy atom. The van der Waals surface area contributed by atoms with Crippen molar-refractivity contribution in [2.75, 3.05) is 0 Å². The fourth-order valence-electron chi connectivity index (χ4n) is 0.875. The van der Waals surface area contributed by atoms with Gasteiger partial charge in [0.2, 0.25) is 0 Å². The molecule has 0 saturated heterocycles. The zero-order valence-electron chi connectivity index (χ0n) is 5.21. The van der Waals surface area contributed by atoms with E-state index in [4.69, 9.17) is 0 Å². The van der Waals surface area contributed by atoms with E-state index in [1.54, 1.807) is 5.57 Å². The molecule has 1 aliphatic carbocycles. The molecule has 0 aromatic carbocycles. The molecule has 0 radical (unpaired) electrons. The molecule has 0 spiro atoms. The number of halogens is 1. The van der Waals surface area contributed by atoms with Crippen LogP contribution in [0.2, 0.25) is 6.32 Å². The second-order valence-electron chi connectivity index (χ2n) is 2.22. The van der Waals surface area contributed by atoms with Crippen molar-refractivity contribution >= 4 is 23.8 Å². The maximum Gasteiger partial charge on any atom is 0.107 e. The Labute approximate surface area is 59.9 Å². The smallest absolute Gasteiger partial charge is 0.0608 e. The molecule has 0 aromatic heterocycles. The van der Waals surface area contributed by atoms with Gasteiger partial charge in [-0.2, -0.15) is 0 Å². The summed E-state index contributed by atoms with van der Waals surface area (Å²) >= 11 is 3.53. The number of hydrogen-bond donors (Lipinski definition) is 0. The van der Waals surface area contributed by atoms with Gasteiger partial charge in [0.05, 0.1) is 0 Å². The molecule has 0 atom stereocenters. The molecule has 0 N–H and O–H groups in total. The quantitative estimate of drug-likeness (QED) is 0.530. The van der Waals surface area contributed by atoms with Crippen molar-refractivity contribution in [1.82, 2.24) is 0 Å². The molecule has 0 nitrogen and oxygen atoms in total. The van der Waals surface area contributed by atoms with Gasteiger partial charge in [0.1, 0.15) is 7.85 Å². The van der Waals surface area contributed by atoms with Crippen molar-refractivity contribution in [3.8, 4) is 0 Å². The highest BCUT2D eigenvalue weighted by Crippen LogP contribution is 2.32. The first kappa shape index (κ1) is 6.41. The van der Waals surface area contributed by atoms with Crippen LogP contribution >= 0.6 is 15.9 Å². The summed E-state index contributed by atoms with van der Waals surface area (Å²) in [6.07, 6.45) is 5.27. The van der Waals surface area contributed by atoms with Crippen molar-refractivity contribution in [3.63, 3.8) is 0 Å². The Hall–Kier alpha value is 0.285. The maximum atomic E-state index is 3.53. The third-order valence-corrected chi connectivity index (χ3v) is 2.77. The first-order valence-corrected chi connectivity index (χ1v) is 4.00. The van der Waals surface area contributed by atoms with E-state index >= 15 is 0 Å². The van der Waals surface area contributed by atoms with E-state index < -0.39 is 0 Å². The van der Waals surface area contributed by atoms with Crippen molar-refractivity contribution in [1.29, 1.82) is 0 Å². The largest absolute Gasteiger partial charge is 0.107 e. The van der Waals surface area contributed by atoms with Crippen LogP contribution in [0.25, 0.3) is 0 Å². The third kappa shape index (κ3) is 1.16. The van der Waals surface area contributed by atoms with Gasteiger partial charge in [-0.25, -0.2) is 0 Å². The number of rotatable bonds is 1. The van der Waals surface area contributed by atoms with E-state index in [1.165, 1.54) is 30.1 Å². The second kappa shape index (κ2) is 2.72. The number of hydrogen-bond acceptors (Lipinski definition) is 0. The van der Waals surface area contributed by atoms with Crippen LogP contribution in [0, 0.1) is 0 Å². The summed E-state index contributed by atoms with van der Waals surface area (Å²) in [4.78, 5) is 0. The van der Waals surface area contributed by atoms with E-state index in [9.17, 15) is 0 Å². The van der Waals surface area contributed by atoms with Crippen molar-refractivity contribution < 1.29 is 0 Å². The molecule has 0 bridgehead atoms. The summed E-state index contributed by atoms with van der Waals surface area (Å²) in [5.41, 5.74) is 1.65. The third-order valence-electron chi connectivity index (χ3n) is 1.65. The summed E-state index contributed by atoms with van der Waals surface area (Å²) in [6.45, 7) is 0. The van der Waals surface area contributed by atoms with Gasteiger partial charge in [0.15, 0.2) is 0 Å². The Balaban J connectivity index is 2.47. The molecule has 0 unspecified atom stereocenters. The second-order valence-corrected chi connectivity index (χ2v) is 3.17. The van der Waals surface area contributed by atoms with Gasteiger partial charge in [-0.1, -0.05) is 27.8 Å². The topological polar surface area (TPSA) is 0 Å². The molecule has 1 rings (SSSR count). The summed E-state index contributed by atoms with van der Waals surface area (Å²) in [5.74, 6) is 0. The average molecular weight is 173 g/mol. The minimum atomic E-state index is 1.18. The fourth-order valence-corrected chi connectivity index (χ4v) is 1.27. The summed E-state index contributed by atoms with van der Waals surface area (Å²) in [5, 5.41) is 0. The fraction of sp³-hybridized carbons (Fsp3) is 0.667. The Morgan fingerprint density at radius 3 is 2.38 bits per heavy atom. The lowest BCUT2D eigenvalue weighted by atomic mass is 9.89. The molecule has 0 aromatic rings. The van der Waals surface area contributed by atoms with Crippen molar-refractivity contribution in [2.24, 2.45) is 0 Å². The molecule has 0 amide bonds. The monoisotopic (exact) mass is 172 g/mol. The van der Waals surface area contributed by atoms with Crippen molar-refractivity contribution in [2.45, 2.75) is 25.6 Å². The highest BCUT2D eigenvalue weighted by Gasteiger charge is 2.10. The predicted octanol–water partition coefficient (Wildman–Crippen LogP) is 1.87. The first-order valence-electron chi connectivity index (χ1n) is 3.21. The van der Waals surface area contributed by atoms with Gasteiger partial charge in [0, 0.05) is 0 Å². The van der Waals surface area contributed by atoms with Crippen LogP contribution in [0.4, 0.5) is 0 Å². The number of allylic oxidation sites excluding steroid dienone is 2.